The van der Waals surface area contributed by atoms with Crippen molar-refractivity contribution in [2.75, 3.05) is 24.5 Å². The molecule has 0 spiro atoms. The van der Waals surface area contributed by atoms with Crippen LogP contribution in [-0.2, 0) is 6.42 Å². The Hall–Kier alpha value is -2.14. The number of halogens is 1. The summed E-state index contributed by atoms with van der Waals surface area (Å²) < 4.78 is 0. The number of benzene rings is 1. The van der Waals surface area contributed by atoms with Crippen LogP contribution in [0, 0.1) is 12.8 Å². The Bertz CT molecular complexity index is 755. The number of nitrogens with zero attached hydrogens (tertiary/aromatic N) is 3. The van der Waals surface area contributed by atoms with E-state index < -0.39 is 0 Å². The van der Waals surface area contributed by atoms with Gasteiger partial charge in [0.2, 0.25) is 5.95 Å². The van der Waals surface area contributed by atoms with Crippen molar-refractivity contribution in [3.05, 3.63) is 52.3 Å². The van der Waals surface area contributed by atoms with Gasteiger partial charge in [0, 0.05) is 30.4 Å². The Morgan fingerprint density at radius 3 is 2.62 bits per heavy atom. The number of aryl methyl sites for hydroxylation is 1. The van der Waals surface area contributed by atoms with Crippen molar-refractivity contribution in [1.82, 2.24) is 15.3 Å². The molecule has 0 bridgehead atoms. The smallest absolute Gasteiger partial charge is 0.270 e. The topological polar surface area (TPSA) is 58.1 Å². The third-order valence-electron chi connectivity index (χ3n) is 4.75. The zero-order valence-corrected chi connectivity index (χ0v) is 16.1. The van der Waals surface area contributed by atoms with E-state index in [0.29, 0.717) is 23.2 Å². The minimum absolute atomic E-state index is 0.156. The second kappa shape index (κ2) is 8.49. The predicted octanol–water partition coefficient (Wildman–Crippen LogP) is 3.65. The van der Waals surface area contributed by atoms with Crippen LogP contribution in [-0.4, -0.2) is 35.5 Å². The van der Waals surface area contributed by atoms with E-state index in [9.17, 15) is 4.79 Å². The van der Waals surface area contributed by atoms with Crippen LogP contribution in [0.25, 0.3) is 0 Å². The lowest BCUT2D eigenvalue weighted by atomic mass is 10.00. The summed E-state index contributed by atoms with van der Waals surface area (Å²) in [5, 5.41) is 3.66. The highest BCUT2D eigenvalue weighted by Gasteiger charge is 2.20. The van der Waals surface area contributed by atoms with E-state index in [1.165, 1.54) is 0 Å². The van der Waals surface area contributed by atoms with Gasteiger partial charge in [-0.05, 0) is 55.9 Å². The third-order valence-corrected chi connectivity index (χ3v) is 5.01. The molecule has 1 aliphatic rings. The summed E-state index contributed by atoms with van der Waals surface area (Å²) in [5.74, 6) is 1.25. The number of carbonyl (C=O) groups is 1. The minimum Gasteiger partial charge on any atom is -0.350 e. The van der Waals surface area contributed by atoms with E-state index in [0.717, 1.165) is 49.5 Å². The molecule has 0 atom stereocenters. The molecule has 0 aliphatic carbocycles. The second-order valence-corrected chi connectivity index (χ2v) is 7.43. The van der Waals surface area contributed by atoms with Crippen LogP contribution in [0.4, 0.5) is 5.95 Å². The normalized spacial score (nSPS) is 15.1. The molecule has 2 aromatic rings. The first-order chi connectivity index (χ1) is 12.5. The van der Waals surface area contributed by atoms with Gasteiger partial charge in [0.1, 0.15) is 5.69 Å². The molecule has 1 aromatic carbocycles. The lowest BCUT2D eigenvalue weighted by Gasteiger charge is -2.30. The number of amides is 1. The highest BCUT2D eigenvalue weighted by atomic mass is 35.5. The van der Waals surface area contributed by atoms with Crippen LogP contribution < -0.4 is 10.2 Å². The van der Waals surface area contributed by atoms with Gasteiger partial charge in [0.25, 0.3) is 5.91 Å². The maximum absolute atomic E-state index is 12.5. The molecule has 26 heavy (non-hydrogen) atoms. The van der Waals surface area contributed by atoms with Crippen molar-refractivity contribution < 1.29 is 4.79 Å². The molecule has 138 valence electrons. The number of piperidine rings is 1. The third kappa shape index (κ3) is 4.94. The van der Waals surface area contributed by atoms with E-state index in [2.05, 4.69) is 27.1 Å². The van der Waals surface area contributed by atoms with Crippen molar-refractivity contribution in [2.24, 2.45) is 5.92 Å². The number of carbonyl (C=O) groups excluding carboxylic acids is 1. The molecular formula is C20H25ClN4O. The minimum atomic E-state index is -0.156. The highest BCUT2D eigenvalue weighted by Crippen LogP contribution is 2.20. The number of hydrogen-bond acceptors (Lipinski definition) is 4. The molecular weight excluding hydrogens is 348 g/mol. The average molecular weight is 373 g/mol. The Morgan fingerprint density at radius 1 is 1.23 bits per heavy atom. The largest absolute Gasteiger partial charge is 0.350 e. The zero-order chi connectivity index (χ0) is 18.5. The molecule has 0 radical (unpaired) electrons. The van der Waals surface area contributed by atoms with Gasteiger partial charge in [0.15, 0.2) is 0 Å². The summed E-state index contributed by atoms with van der Waals surface area (Å²) >= 11 is 5.89. The number of nitrogens with one attached hydrogen (secondary N) is 1. The van der Waals surface area contributed by atoms with Gasteiger partial charge < -0.3 is 10.2 Å². The molecule has 3 rings (SSSR count). The van der Waals surface area contributed by atoms with E-state index in [-0.39, 0.29) is 5.91 Å². The van der Waals surface area contributed by atoms with Gasteiger partial charge in [-0.15, -0.1) is 0 Å². The standard InChI is InChI=1S/C20H25ClN4O/c1-14-8-11-25(12-9-14)20-23-15(2)13-18(24-20)19(26)22-10-7-16-3-5-17(21)6-4-16/h3-6,13-14H,7-12H2,1-2H3,(H,22,26). The van der Waals surface area contributed by atoms with Gasteiger partial charge in [-0.3, -0.25) is 4.79 Å². The van der Waals surface area contributed by atoms with Crippen LogP contribution in [0.2, 0.25) is 5.02 Å². The van der Waals surface area contributed by atoms with Crippen LogP contribution in [0.5, 0.6) is 0 Å². The molecule has 1 aromatic heterocycles. The first-order valence-corrected chi connectivity index (χ1v) is 9.52. The average Bonchev–Trinajstić information content (AvgIpc) is 2.63. The Kier molecular flexibility index (Phi) is 6.09. The Balaban J connectivity index is 1.60. The maximum Gasteiger partial charge on any atom is 0.270 e. The second-order valence-electron chi connectivity index (χ2n) is 7.00. The van der Waals surface area contributed by atoms with E-state index in [4.69, 9.17) is 11.6 Å². The number of rotatable bonds is 5. The van der Waals surface area contributed by atoms with Crippen LogP contribution in [0.15, 0.2) is 30.3 Å². The van der Waals surface area contributed by atoms with Crippen molar-refractivity contribution in [3.8, 4) is 0 Å². The van der Waals surface area contributed by atoms with Crippen molar-refractivity contribution in [3.63, 3.8) is 0 Å². The van der Waals surface area contributed by atoms with Crippen LogP contribution in [0.1, 0.15) is 41.5 Å². The molecule has 5 nitrogen and oxygen atoms in total. The van der Waals surface area contributed by atoms with Gasteiger partial charge >= 0.3 is 0 Å². The van der Waals surface area contributed by atoms with E-state index in [1.807, 2.05) is 31.2 Å². The summed E-state index contributed by atoms with van der Waals surface area (Å²) in [7, 11) is 0. The summed E-state index contributed by atoms with van der Waals surface area (Å²) in [6.07, 6.45) is 3.03. The van der Waals surface area contributed by atoms with Crippen LogP contribution in [0.3, 0.4) is 0 Å². The fourth-order valence-electron chi connectivity index (χ4n) is 3.08. The van der Waals surface area contributed by atoms with E-state index in [1.54, 1.807) is 6.07 Å². The van der Waals surface area contributed by atoms with Crippen LogP contribution >= 0.6 is 11.6 Å². The molecule has 2 heterocycles. The molecule has 1 fully saturated rings. The summed E-state index contributed by atoms with van der Waals surface area (Å²) in [6.45, 7) is 6.63. The van der Waals surface area contributed by atoms with Gasteiger partial charge in [-0.1, -0.05) is 30.7 Å². The number of anilines is 1. The fraction of sp³-hybridized carbons (Fsp3) is 0.450. The van der Waals surface area contributed by atoms with Crippen molar-refractivity contribution >= 4 is 23.5 Å². The SMILES string of the molecule is Cc1cc(C(=O)NCCc2ccc(Cl)cc2)nc(N2CCC(C)CC2)n1. The first kappa shape index (κ1) is 18.6. The van der Waals surface area contributed by atoms with E-state index >= 15 is 0 Å². The van der Waals surface area contributed by atoms with Gasteiger partial charge in [0.05, 0.1) is 0 Å². The molecule has 1 amide bonds. The fourth-order valence-corrected chi connectivity index (χ4v) is 3.21. The summed E-state index contributed by atoms with van der Waals surface area (Å²) in [6, 6.07) is 9.40. The van der Waals surface area contributed by atoms with Gasteiger partial charge in [-0.25, -0.2) is 9.97 Å². The molecule has 1 N–H and O–H groups in total. The predicted molar refractivity (Wildman–Crippen MR) is 105 cm³/mol. The molecule has 6 heteroatoms. The maximum atomic E-state index is 12.5. The van der Waals surface area contributed by atoms with Gasteiger partial charge in [-0.2, -0.15) is 0 Å². The van der Waals surface area contributed by atoms with Crippen molar-refractivity contribution in [1.29, 1.82) is 0 Å². The lowest BCUT2D eigenvalue weighted by molar-refractivity contribution is 0.0949. The quantitative estimate of drug-likeness (QED) is 0.870. The van der Waals surface area contributed by atoms with Crippen molar-refractivity contribution in [2.45, 2.75) is 33.1 Å². The molecule has 0 saturated carbocycles. The highest BCUT2D eigenvalue weighted by molar-refractivity contribution is 6.30. The molecule has 1 aliphatic heterocycles. The number of aromatic nitrogens is 2. The number of hydrogen-bond donors (Lipinski definition) is 1. The summed E-state index contributed by atoms with van der Waals surface area (Å²) in [5.41, 5.74) is 2.38. The lowest BCUT2D eigenvalue weighted by Crippen LogP contribution is -2.35. The summed E-state index contributed by atoms with van der Waals surface area (Å²) in [4.78, 5) is 23.7. The molecule has 0 unspecified atom stereocenters. The Labute approximate surface area is 159 Å². The molecule has 1 saturated heterocycles. The monoisotopic (exact) mass is 372 g/mol. The first-order valence-electron chi connectivity index (χ1n) is 9.14. The zero-order valence-electron chi connectivity index (χ0n) is 15.3. The Morgan fingerprint density at radius 2 is 1.92 bits per heavy atom.